The summed E-state index contributed by atoms with van der Waals surface area (Å²) in [5, 5.41) is 12.0. The van der Waals surface area contributed by atoms with Crippen molar-refractivity contribution in [1.29, 1.82) is 0 Å². The molecule has 0 aliphatic rings. The van der Waals surface area contributed by atoms with Crippen molar-refractivity contribution in [3.05, 3.63) is 77.2 Å². The molecule has 1 atom stereocenters. The standard InChI is InChI=1S/C16H16OS/c1-18(12-14-8-4-2-5-9-14)13-16(17)15-10-6-3-7-11-15/h2-11,13H,12H2,1H3/p+1/b16-13-. The molecule has 0 saturated heterocycles. The van der Waals surface area contributed by atoms with E-state index in [0.29, 0.717) is 5.76 Å². The van der Waals surface area contributed by atoms with Crippen molar-refractivity contribution in [2.24, 2.45) is 0 Å². The van der Waals surface area contributed by atoms with Crippen LogP contribution in [0.4, 0.5) is 0 Å². The van der Waals surface area contributed by atoms with Gasteiger partial charge in [0.05, 0.1) is 0 Å². The van der Waals surface area contributed by atoms with Crippen molar-refractivity contribution in [2.75, 3.05) is 6.26 Å². The van der Waals surface area contributed by atoms with Crippen LogP contribution < -0.4 is 0 Å². The quantitative estimate of drug-likeness (QED) is 0.648. The molecular formula is C16H17OS+. The summed E-state index contributed by atoms with van der Waals surface area (Å²) in [7, 11) is 0.0364. The zero-order valence-electron chi connectivity index (χ0n) is 10.4. The van der Waals surface area contributed by atoms with Crippen molar-refractivity contribution >= 4 is 16.7 Å². The molecule has 0 saturated carbocycles. The third-order valence-electron chi connectivity index (χ3n) is 2.62. The van der Waals surface area contributed by atoms with Gasteiger partial charge in [0.1, 0.15) is 12.0 Å². The van der Waals surface area contributed by atoms with Gasteiger partial charge in [0.25, 0.3) is 0 Å². The molecule has 2 aromatic rings. The Morgan fingerprint density at radius 1 is 1.00 bits per heavy atom. The summed E-state index contributed by atoms with van der Waals surface area (Å²) < 4.78 is 0. The summed E-state index contributed by atoms with van der Waals surface area (Å²) in [6.45, 7) is 0. The van der Waals surface area contributed by atoms with Crippen LogP contribution in [0.2, 0.25) is 0 Å². The zero-order chi connectivity index (χ0) is 12.8. The van der Waals surface area contributed by atoms with E-state index in [0.717, 1.165) is 11.3 Å². The summed E-state index contributed by atoms with van der Waals surface area (Å²) in [4.78, 5) is 0. The molecule has 0 heterocycles. The van der Waals surface area contributed by atoms with E-state index in [1.165, 1.54) is 5.56 Å². The van der Waals surface area contributed by atoms with E-state index in [9.17, 15) is 5.11 Å². The van der Waals surface area contributed by atoms with Crippen LogP contribution in [-0.2, 0) is 16.6 Å². The Morgan fingerprint density at radius 3 is 2.17 bits per heavy atom. The normalized spacial score (nSPS) is 13.3. The molecule has 92 valence electrons. The second kappa shape index (κ2) is 6.31. The minimum atomic E-state index is 0.0364. The number of benzene rings is 2. The van der Waals surface area contributed by atoms with Crippen LogP contribution in [0.25, 0.3) is 5.76 Å². The maximum atomic E-state index is 10.0. The van der Waals surface area contributed by atoms with Crippen molar-refractivity contribution in [3.63, 3.8) is 0 Å². The van der Waals surface area contributed by atoms with Gasteiger partial charge in [0.15, 0.2) is 11.2 Å². The predicted molar refractivity (Wildman–Crippen MR) is 80.5 cm³/mol. The average molecular weight is 257 g/mol. The smallest absolute Gasteiger partial charge is 0.170 e. The van der Waals surface area contributed by atoms with Crippen molar-refractivity contribution < 1.29 is 5.11 Å². The number of hydrogen-bond donors (Lipinski definition) is 1. The minimum Gasteiger partial charge on any atom is -0.503 e. The maximum Gasteiger partial charge on any atom is 0.170 e. The lowest BCUT2D eigenvalue weighted by Crippen LogP contribution is -2.00. The Balaban J connectivity index is 2.04. The minimum absolute atomic E-state index is 0.0364. The average Bonchev–Trinajstić information content (AvgIpc) is 2.40. The molecule has 0 aliphatic heterocycles. The summed E-state index contributed by atoms with van der Waals surface area (Å²) in [5.41, 5.74) is 2.19. The van der Waals surface area contributed by atoms with E-state index in [1.54, 1.807) is 0 Å². The monoisotopic (exact) mass is 257 g/mol. The maximum absolute atomic E-state index is 10.0. The lowest BCUT2D eigenvalue weighted by atomic mass is 10.2. The fourth-order valence-corrected chi connectivity index (χ4v) is 3.07. The van der Waals surface area contributed by atoms with Crippen LogP contribution in [-0.4, -0.2) is 11.4 Å². The van der Waals surface area contributed by atoms with E-state index in [-0.39, 0.29) is 10.9 Å². The van der Waals surface area contributed by atoms with Crippen LogP contribution in [0.1, 0.15) is 11.1 Å². The first kappa shape index (κ1) is 12.8. The molecule has 2 aromatic carbocycles. The number of rotatable bonds is 4. The van der Waals surface area contributed by atoms with E-state index in [1.807, 2.05) is 53.9 Å². The first-order valence-electron chi connectivity index (χ1n) is 5.87. The van der Waals surface area contributed by atoms with Gasteiger partial charge in [-0.15, -0.1) is 0 Å². The van der Waals surface area contributed by atoms with Gasteiger partial charge >= 0.3 is 0 Å². The summed E-state index contributed by atoms with van der Waals surface area (Å²) in [6.07, 6.45) is 2.14. The molecule has 0 bridgehead atoms. The van der Waals surface area contributed by atoms with Crippen molar-refractivity contribution in [2.45, 2.75) is 5.75 Å². The fraction of sp³-hybridized carbons (Fsp3) is 0.125. The topological polar surface area (TPSA) is 20.2 Å². The molecule has 18 heavy (non-hydrogen) atoms. The molecule has 1 nitrogen and oxygen atoms in total. The van der Waals surface area contributed by atoms with Crippen molar-refractivity contribution in [1.82, 2.24) is 0 Å². The molecule has 0 aromatic heterocycles. The van der Waals surface area contributed by atoms with Crippen LogP contribution >= 0.6 is 0 Å². The Labute approximate surface area is 111 Å². The highest BCUT2D eigenvalue weighted by Gasteiger charge is 2.11. The van der Waals surface area contributed by atoms with Gasteiger partial charge < -0.3 is 5.11 Å². The largest absolute Gasteiger partial charge is 0.503 e. The van der Waals surface area contributed by atoms with Crippen LogP contribution in [0.5, 0.6) is 0 Å². The number of aliphatic hydroxyl groups is 1. The Morgan fingerprint density at radius 2 is 1.56 bits per heavy atom. The molecule has 1 N–H and O–H groups in total. The zero-order valence-corrected chi connectivity index (χ0v) is 11.2. The third-order valence-corrected chi connectivity index (χ3v) is 4.03. The van der Waals surface area contributed by atoms with E-state index < -0.39 is 0 Å². The SMILES string of the molecule is C[S+](/C=C(\O)c1ccccc1)Cc1ccccc1. The van der Waals surface area contributed by atoms with Gasteiger partial charge in [-0.2, -0.15) is 0 Å². The first-order valence-corrected chi connectivity index (χ1v) is 7.74. The van der Waals surface area contributed by atoms with Gasteiger partial charge in [-0.25, -0.2) is 0 Å². The van der Waals surface area contributed by atoms with E-state index in [4.69, 9.17) is 0 Å². The first-order chi connectivity index (χ1) is 8.75. The fourth-order valence-electron chi connectivity index (χ4n) is 1.75. The molecule has 0 amide bonds. The van der Waals surface area contributed by atoms with E-state index in [2.05, 4.69) is 18.4 Å². The van der Waals surface area contributed by atoms with Crippen LogP contribution in [0.3, 0.4) is 0 Å². The highest BCUT2D eigenvalue weighted by atomic mass is 32.2. The Bertz CT molecular complexity index is 505. The number of hydrogen-bond acceptors (Lipinski definition) is 1. The van der Waals surface area contributed by atoms with Crippen molar-refractivity contribution in [3.8, 4) is 0 Å². The van der Waals surface area contributed by atoms with Crippen LogP contribution in [0.15, 0.2) is 66.1 Å². The summed E-state index contributed by atoms with van der Waals surface area (Å²) in [5.74, 6) is 1.34. The molecule has 0 aliphatic carbocycles. The highest BCUT2D eigenvalue weighted by molar-refractivity contribution is 7.98. The summed E-state index contributed by atoms with van der Waals surface area (Å²) in [6, 6.07) is 20.0. The van der Waals surface area contributed by atoms with Gasteiger partial charge in [-0.1, -0.05) is 60.7 Å². The second-order valence-corrected chi connectivity index (χ2v) is 6.10. The lowest BCUT2D eigenvalue weighted by molar-refractivity contribution is 0.513. The van der Waals surface area contributed by atoms with Gasteiger partial charge in [-0.3, -0.25) is 0 Å². The lowest BCUT2D eigenvalue weighted by Gasteiger charge is -2.01. The number of aliphatic hydroxyl groups excluding tert-OH is 1. The van der Waals surface area contributed by atoms with Gasteiger partial charge in [0.2, 0.25) is 0 Å². The molecule has 0 fully saturated rings. The molecule has 0 radical (unpaired) electrons. The van der Waals surface area contributed by atoms with Crippen LogP contribution in [0, 0.1) is 0 Å². The molecule has 2 rings (SSSR count). The summed E-state index contributed by atoms with van der Waals surface area (Å²) >= 11 is 0. The molecule has 2 heteroatoms. The van der Waals surface area contributed by atoms with Gasteiger partial charge in [0, 0.05) is 22.0 Å². The molecule has 1 unspecified atom stereocenters. The Hall–Kier alpha value is -1.67. The van der Waals surface area contributed by atoms with Gasteiger partial charge in [-0.05, 0) is 0 Å². The third kappa shape index (κ3) is 3.67. The Kier molecular flexibility index (Phi) is 4.48. The second-order valence-electron chi connectivity index (χ2n) is 4.19. The van der Waals surface area contributed by atoms with E-state index >= 15 is 0 Å². The predicted octanol–water partition coefficient (Wildman–Crippen LogP) is 3.99. The molecular weight excluding hydrogens is 240 g/mol. The highest BCUT2D eigenvalue weighted by Crippen LogP contribution is 2.15. The molecule has 0 spiro atoms.